The van der Waals surface area contributed by atoms with E-state index in [-0.39, 0.29) is 55.4 Å². The largest absolute Gasteiger partial charge is 0.463 e. The van der Waals surface area contributed by atoms with E-state index in [0.29, 0.717) is 19.3 Å². The van der Waals surface area contributed by atoms with Crippen LogP contribution in [0.5, 0.6) is 0 Å². The van der Waals surface area contributed by atoms with Crippen molar-refractivity contribution in [3.05, 3.63) is 48.0 Å². The van der Waals surface area contributed by atoms with Gasteiger partial charge in [-0.1, -0.05) is 42.5 Å². The highest BCUT2D eigenvalue weighted by molar-refractivity contribution is 5.86. The summed E-state index contributed by atoms with van der Waals surface area (Å²) in [7, 11) is 0. The number of rotatable bonds is 6. The van der Waals surface area contributed by atoms with Crippen LogP contribution < -0.4 is 10.6 Å². The van der Waals surface area contributed by atoms with Gasteiger partial charge < -0.3 is 20.5 Å². The van der Waals surface area contributed by atoms with Crippen molar-refractivity contribution in [2.24, 2.45) is 11.8 Å². The summed E-state index contributed by atoms with van der Waals surface area (Å²) in [6.45, 7) is 3.39. The third kappa shape index (κ3) is 7.99. The molecule has 1 heterocycles. The second kappa shape index (κ2) is 12.1. The molecule has 0 fully saturated rings. The Morgan fingerprint density at radius 2 is 1.87 bits per heavy atom. The summed E-state index contributed by atoms with van der Waals surface area (Å²) in [6.07, 6.45) is 5.24. The van der Waals surface area contributed by atoms with Gasteiger partial charge in [-0.3, -0.25) is 14.4 Å². The average Bonchev–Trinajstić information content (AvgIpc) is 2.73. The van der Waals surface area contributed by atoms with Gasteiger partial charge in [-0.2, -0.15) is 0 Å². The molecule has 4 atom stereocenters. The number of benzene rings is 1. The van der Waals surface area contributed by atoms with Gasteiger partial charge in [0.25, 0.3) is 0 Å². The van der Waals surface area contributed by atoms with Crippen LogP contribution in [0.4, 0.5) is 0 Å². The second-order valence-corrected chi connectivity index (χ2v) is 7.92. The Hall–Kier alpha value is -2.67. The molecule has 7 nitrogen and oxygen atoms in total. The Morgan fingerprint density at radius 3 is 2.53 bits per heavy atom. The number of esters is 1. The minimum Gasteiger partial charge on any atom is -0.463 e. The third-order valence-corrected chi connectivity index (χ3v) is 5.01. The van der Waals surface area contributed by atoms with Crippen LogP contribution in [-0.2, 0) is 25.5 Å². The monoisotopic (exact) mass is 416 g/mol. The fourth-order valence-electron chi connectivity index (χ4n) is 3.30. The van der Waals surface area contributed by atoms with Crippen LogP contribution in [0, 0.1) is 11.8 Å². The molecule has 0 saturated heterocycles. The molecule has 164 valence electrons. The Labute approximate surface area is 177 Å². The summed E-state index contributed by atoms with van der Waals surface area (Å²) in [5, 5.41) is 14.6. The lowest BCUT2D eigenvalue weighted by Crippen LogP contribution is -2.43. The predicted octanol–water partition coefficient (Wildman–Crippen LogP) is 1.75. The van der Waals surface area contributed by atoms with Gasteiger partial charge in [-0.15, -0.1) is 0 Å². The number of hydrogen-bond acceptors (Lipinski definition) is 5. The summed E-state index contributed by atoms with van der Waals surface area (Å²) in [6, 6.07) is 9.07. The van der Waals surface area contributed by atoms with Crippen molar-refractivity contribution in [1.82, 2.24) is 10.6 Å². The van der Waals surface area contributed by atoms with Crippen LogP contribution in [-0.4, -0.2) is 48.2 Å². The first-order valence-electron chi connectivity index (χ1n) is 10.4. The number of carbonyl (C=O) groups excluding carboxylic acids is 3. The lowest BCUT2D eigenvalue weighted by molar-refractivity contribution is -0.149. The maximum atomic E-state index is 12.6. The lowest BCUT2D eigenvalue weighted by atomic mass is 9.94. The number of aliphatic hydroxyl groups is 1. The maximum absolute atomic E-state index is 12.6. The van der Waals surface area contributed by atoms with Crippen molar-refractivity contribution < 1.29 is 24.2 Å². The van der Waals surface area contributed by atoms with Crippen molar-refractivity contribution in [3.63, 3.8) is 0 Å². The van der Waals surface area contributed by atoms with Crippen molar-refractivity contribution >= 4 is 17.8 Å². The fraction of sp³-hybridized carbons (Fsp3) is 0.522. The first-order chi connectivity index (χ1) is 14.4. The van der Waals surface area contributed by atoms with Gasteiger partial charge in [0, 0.05) is 12.5 Å². The van der Waals surface area contributed by atoms with Gasteiger partial charge in [0.1, 0.15) is 6.61 Å². The van der Waals surface area contributed by atoms with Gasteiger partial charge in [-0.25, -0.2) is 0 Å². The number of nitrogens with one attached hydrogen (secondary N) is 2. The van der Waals surface area contributed by atoms with Crippen molar-refractivity contribution in [2.75, 3.05) is 13.2 Å². The number of allylic oxidation sites excluding steroid dienone is 2. The topological polar surface area (TPSA) is 105 Å². The number of aliphatic hydroxyl groups excluding tert-OH is 1. The van der Waals surface area contributed by atoms with E-state index in [9.17, 15) is 14.4 Å². The average molecular weight is 417 g/mol. The molecular formula is C23H32N2O5. The number of hydrogen-bond donors (Lipinski definition) is 3. The molecule has 1 aromatic rings. The Balaban J connectivity index is 2.08. The number of carbonyl (C=O) groups is 3. The van der Waals surface area contributed by atoms with E-state index in [2.05, 4.69) is 10.6 Å². The number of ether oxygens (including phenoxy) is 1. The lowest BCUT2D eigenvalue weighted by Gasteiger charge is -2.22. The standard InChI is InChI=1S/C23H32N2O5/c1-16(14-26)24-21(27)13-19-10-6-7-11-20(12-18-8-4-3-5-9-18)23(29)30-15-17(2)25-22(19)28/h3-9,16-17,19-20,26H,10-15H2,1-2H3,(H,24,27)(H,25,28)/t16-,17+,19-,20-/m1/s1. The fourth-order valence-corrected chi connectivity index (χ4v) is 3.30. The maximum Gasteiger partial charge on any atom is 0.309 e. The molecule has 7 heteroatoms. The summed E-state index contributed by atoms with van der Waals surface area (Å²) in [4.78, 5) is 37.3. The van der Waals surface area contributed by atoms with Crippen molar-refractivity contribution in [3.8, 4) is 0 Å². The van der Waals surface area contributed by atoms with E-state index < -0.39 is 5.92 Å². The molecule has 1 aromatic carbocycles. The van der Waals surface area contributed by atoms with Crippen LogP contribution in [0.1, 0.15) is 38.7 Å². The first-order valence-corrected chi connectivity index (χ1v) is 10.4. The van der Waals surface area contributed by atoms with Crippen LogP contribution in [0.2, 0.25) is 0 Å². The third-order valence-electron chi connectivity index (χ3n) is 5.01. The van der Waals surface area contributed by atoms with Crippen molar-refractivity contribution in [1.29, 1.82) is 0 Å². The molecule has 1 aliphatic heterocycles. The summed E-state index contributed by atoms with van der Waals surface area (Å²) < 4.78 is 5.45. The first kappa shape index (κ1) is 23.6. The van der Waals surface area contributed by atoms with Gasteiger partial charge in [0.15, 0.2) is 0 Å². The zero-order chi connectivity index (χ0) is 21.9. The van der Waals surface area contributed by atoms with E-state index in [1.165, 1.54) is 0 Å². The number of cyclic esters (lactones) is 1. The molecule has 0 unspecified atom stereocenters. The molecule has 0 aliphatic carbocycles. The normalized spacial score (nSPS) is 24.0. The molecule has 0 radical (unpaired) electrons. The minimum absolute atomic E-state index is 0.0282. The summed E-state index contributed by atoms with van der Waals surface area (Å²) in [5.74, 6) is -1.65. The molecule has 3 N–H and O–H groups in total. The molecule has 0 aromatic heterocycles. The molecule has 2 amide bonds. The van der Waals surface area contributed by atoms with E-state index in [0.717, 1.165) is 5.56 Å². The Morgan fingerprint density at radius 1 is 1.20 bits per heavy atom. The summed E-state index contributed by atoms with van der Waals surface area (Å²) >= 11 is 0. The SMILES string of the molecule is C[C@H](CO)NC(=O)C[C@H]1CC=CC[C@H](Cc2ccccc2)C(=O)OC[C@H](C)NC1=O. The van der Waals surface area contributed by atoms with Crippen LogP contribution >= 0.6 is 0 Å². The van der Waals surface area contributed by atoms with E-state index in [1.54, 1.807) is 13.8 Å². The van der Waals surface area contributed by atoms with E-state index in [1.807, 2.05) is 42.5 Å². The van der Waals surface area contributed by atoms with Gasteiger partial charge in [0.2, 0.25) is 11.8 Å². The Kier molecular flexibility index (Phi) is 9.54. The Bertz CT molecular complexity index is 734. The minimum atomic E-state index is -0.530. The quantitative estimate of drug-likeness (QED) is 0.484. The predicted molar refractivity (Wildman–Crippen MR) is 113 cm³/mol. The molecule has 0 bridgehead atoms. The zero-order valence-electron chi connectivity index (χ0n) is 17.7. The van der Waals surface area contributed by atoms with Gasteiger partial charge in [-0.05, 0) is 38.7 Å². The summed E-state index contributed by atoms with van der Waals surface area (Å²) in [5.41, 5.74) is 1.06. The highest BCUT2D eigenvalue weighted by Crippen LogP contribution is 2.18. The number of amides is 2. The highest BCUT2D eigenvalue weighted by atomic mass is 16.5. The zero-order valence-corrected chi connectivity index (χ0v) is 17.7. The molecule has 0 saturated carbocycles. The molecule has 0 spiro atoms. The molecule has 1 aliphatic rings. The van der Waals surface area contributed by atoms with Gasteiger partial charge in [0.05, 0.1) is 24.5 Å². The molecular weight excluding hydrogens is 384 g/mol. The van der Waals surface area contributed by atoms with Crippen LogP contribution in [0.3, 0.4) is 0 Å². The van der Waals surface area contributed by atoms with Crippen LogP contribution in [0.25, 0.3) is 0 Å². The van der Waals surface area contributed by atoms with E-state index in [4.69, 9.17) is 9.84 Å². The molecule has 30 heavy (non-hydrogen) atoms. The second-order valence-electron chi connectivity index (χ2n) is 7.92. The van der Waals surface area contributed by atoms with Crippen LogP contribution in [0.15, 0.2) is 42.5 Å². The molecule has 2 rings (SSSR count). The van der Waals surface area contributed by atoms with Crippen molar-refractivity contribution in [2.45, 2.75) is 51.6 Å². The van der Waals surface area contributed by atoms with E-state index >= 15 is 0 Å². The highest BCUT2D eigenvalue weighted by Gasteiger charge is 2.25. The smallest absolute Gasteiger partial charge is 0.309 e. The van der Waals surface area contributed by atoms with Gasteiger partial charge >= 0.3 is 5.97 Å².